The molecular formula is C14H15F2NO3. The minimum Gasteiger partial charge on any atom is -0.479 e. The lowest BCUT2D eigenvalue weighted by atomic mass is 9.89. The summed E-state index contributed by atoms with van der Waals surface area (Å²) in [7, 11) is 0. The molecule has 2 rings (SSSR count). The summed E-state index contributed by atoms with van der Waals surface area (Å²) in [5.74, 6) is -3.48. The van der Waals surface area contributed by atoms with E-state index < -0.39 is 29.0 Å². The summed E-state index contributed by atoms with van der Waals surface area (Å²) in [6, 6.07) is 2.38. The predicted molar refractivity (Wildman–Crippen MR) is 66.9 cm³/mol. The third-order valence-electron chi connectivity index (χ3n) is 3.57. The number of carbonyl (C=O) groups is 2. The molecule has 4 nitrogen and oxygen atoms in total. The van der Waals surface area contributed by atoms with Crippen molar-refractivity contribution in [2.75, 3.05) is 0 Å². The molecule has 6 heteroatoms. The predicted octanol–water partition coefficient (Wildman–Crippen LogP) is 2.28. The zero-order chi connectivity index (χ0) is 15.1. The van der Waals surface area contributed by atoms with Crippen LogP contribution in [0.15, 0.2) is 18.2 Å². The van der Waals surface area contributed by atoms with E-state index in [1.807, 2.05) is 0 Å². The SMILES string of the molecule is CC(=O)N(C1CC1)C(C)(C(=O)O)c1cc(F)cc(F)c1. The second-order valence-corrected chi connectivity index (χ2v) is 5.16. The minimum atomic E-state index is -1.78. The maximum absolute atomic E-state index is 13.4. The highest BCUT2D eigenvalue weighted by Gasteiger charge is 2.49. The Morgan fingerprint density at radius 3 is 2.10 bits per heavy atom. The number of carboxylic acids is 1. The van der Waals surface area contributed by atoms with E-state index in [0.717, 1.165) is 12.1 Å². The molecule has 0 bridgehead atoms. The molecule has 1 amide bonds. The van der Waals surface area contributed by atoms with Crippen molar-refractivity contribution in [1.82, 2.24) is 4.90 Å². The second-order valence-electron chi connectivity index (χ2n) is 5.16. The van der Waals surface area contributed by atoms with E-state index in [4.69, 9.17) is 0 Å². The van der Waals surface area contributed by atoms with E-state index in [0.29, 0.717) is 18.9 Å². The minimum absolute atomic E-state index is 0.0791. The molecule has 1 aliphatic carbocycles. The van der Waals surface area contributed by atoms with Gasteiger partial charge in [0.25, 0.3) is 0 Å². The second kappa shape index (κ2) is 4.85. The van der Waals surface area contributed by atoms with Crippen LogP contribution in [0.4, 0.5) is 8.78 Å². The Morgan fingerprint density at radius 2 is 1.75 bits per heavy atom. The first-order valence-corrected chi connectivity index (χ1v) is 6.26. The number of amides is 1. The highest BCUT2D eigenvalue weighted by molar-refractivity contribution is 5.87. The first kappa shape index (κ1) is 14.4. The van der Waals surface area contributed by atoms with Gasteiger partial charge in [-0.3, -0.25) is 4.79 Å². The fourth-order valence-corrected chi connectivity index (χ4v) is 2.47. The van der Waals surface area contributed by atoms with Crippen molar-refractivity contribution in [3.05, 3.63) is 35.4 Å². The molecule has 108 valence electrons. The molecule has 1 fully saturated rings. The summed E-state index contributed by atoms with van der Waals surface area (Å²) in [5, 5.41) is 9.52. The van der Waals surface area contributed by atoms with Gasteiger partial charge in [0, 0.05) is 19.0 Å². The maximum atomic E-state index is 13.4. The van der Waals surface area contributed by atoms with E-state index in [-0.39, 0.29) is 11.6 Å². The highest BCUT2D eigenvalue weighted by atomic mass is 19.1. The molecule has 1 aliphatic rings. The van der Waals surface area contributed by atoms with Crippen LogP contribution in [0.5, 0.6) is 0 Å². The summed E-state index contributed by atoms with van der Waals surface area (Å²) in [4.78, 5) is 24.7. The number of halogens is 2. The molecule has 0 radical (unpaired) electrons. The normalized spacial score (nSPS) is 17.4. The average molecular weight is 283 g/mol. The Balaban J connectivity index is 2.58. The molecule has 1 N–H and O–H groups in total. The van der Waals surface area contributed by atoms with Gasteiger partial charge >= 0.3 is 5.97 Å². The summed E-state index contributed by atoms with van der Waals surface area (Å²) in [5.41, 5.74) is -1.86. The number of hydrogen-bond donors (Lipinski definition) is 1. The van der Waals surface area contributed by atoms with Crippen molar-refractivity contribution in [3.63, 3.8) is 0 Å². The van der Waals surface area contributed by atoms with E-state index in [9.17, 15) is 23.5 Å². The van der Waals surface area contributed by atoms with Crippen LogP contribution >= 0.6 is 0 Å². The number of nitrogens with zero attached hydrogens (tertiary/aromatic N) is 1. The summed E-state index contributed by atoms with van der Waals surface area (Å²) in [6.45, 7) is 2.55. The lowest BCUT2D eigenvalue weighted by Crippen LogP contribution is -2.53. The fraction of sp³-hybridized carbons (Fsp3) is 0.429. The topological polar surface area (TPSA) is 57.6 Å². The maximum Gasteiger partial charge on any atom is 0.334 e. The van der Waals surface area contributed by atoms with Crippen molar-refractivity contribution >= 4 is 11.9 Å². The Kier molecular flexibility index (Phi) is 3.50. The van der Waals surface area contributed by atoms with Crippen LogP contribution < -0.4 is 0 Å². The number of aliphatic carboxylic acids is 1. The molecule has 1 aromatic rings. The highest BCUT2D eigenvalue weighted by Crippen LogP contribution is 2.39. The van der Waals surface area contributed by atoms with Gasteiger partial charge in [-0.25, -0.2) is 13.6 Å². The van der Waals surface area contributed by atoms with Gasteiger partial charge in [-0.15, -0.1) is 0 Å². The van der Waals surface area contributed by atoms with Crippen LogP contribution in [0.1, 0.15) is 32.3 Å². The van der Waals surface area contributed by atoms with Crippen LogP contribution in [0.2, 0.25) is 0 Å². The van der Waals surface area contributed by atoms with Gasteiger partial charge in [0.05, 0.1) is 0 Å². The lowest BCUT2D eigenvalue weighted by molar-refractivity contribution is -0.159. The van der Waals surface area contributed by atoms with Crippen molar-refractivity contribution in [3.8, 4) is 0 Å². The Labute approximate surface area is 115 Å². The molecule has 0 saturated heterocycles. The molecule has 1 saturated carbocycles. The van der Waals surface area contributed by atoms with Crippen molar-refractivity contribution in [2.45, 2.75) is 38.3 Å². The van der Waals surface area contributed by atoms with Crippen molar-refractivity contribution < 1.29 is 23.5 Å². The van der Waals surface area contributed by atoms with Gasteiger partial charge in [-0.2, -0.15) is 0 Å². The monoisotopic (exact) mass is 283 g/mol. The van der Waals surface area contributed by atoms with E-state index in [1.165, 1.54) is 18.7 Å². The zero-order valence-corrected chi connectivity index (χ0v) is 11.2. The van der Waals surface area contributed by atoms with Crippen LogP contribution in [0.25, 0.3) is 0 Å². The molecule has 0 aliphatic heterocycles. The molecule has 1 aromatic carbocycles. The standard InChI is InChI=1S/C14H15F2NO3/c1-8(18)17(12-3-4-12)14(2,13(19)20)9-5-10(15)7-11(16)6-9/h5-7,12H,3-4H2,1-2H3,(H,19,20). The lowest BCUT2D eigenvalue weighted by Gasteiger charge is -2.38. The van der Waals surface area contributed by atoms with Gasteiger partial charge in [-0.1, -0.05) is 0 Å². The Bertz CT molecular complexity index is 551. The molecule has 0 heterocycles. The summed E-state index contributed by atoms with van der Waals surface area (Å²) >= 11 is 0. The number of rotatable bonds is 4. The largest absolute Gasteiger partial charge is 0.479 e. The molecule has 0 spiro atoms. The number of carboxylic acid groups (broad SMARTS) is 1. The van der Waals surface area contributed by atoms with Crippen LogP contribution in [-0.4, -0.2) is 27.9 Å². The van der Waals surface area contributed by atoms with Crippen LogP contribution in [0, 0.1) is 11.6 Å². The van der Waals surface area contributed by atoms with Gasteiger partial charge in [0.2, 0.25) is 5.91 Å². The van der Waals surface area contributed by atoms with Crippen molar-refractivity contribution in [2.24, 2.45) is 0 Å². The van der Waals surface area contributed by atoms with Gasteiger partial charge < -0.3 is 10.0 Å². The van der Waals surface area contributed by atoms with E-state index in [1.54, 1.807) is 0 Å². The smallest absolute Gasteiger partial charge is 0.334 e. The summed E-state index contributed by atoms with van der Waals surface area (Å²) < 4.78 is 26.7. The van der Waals surface area contributed by atoms with E-state index in [2.05, 4.69) is 0 Å². The third kappa shape index (κ3) is 2.37. The van der Waals surface area contributed by atoms with Crippen molar-refractivity contribution in [1.29, 1.82) is 0 Å². The molecule has 0 aromatic heterocycles. The molecular weight excluding hydrogens is 268 g/mol. The Hall–Kier alpha value is -1.98. The molecule has 20 heavy (non-hydrogen) atoms. The van der Waals surface area contributed by atoms with Gasteiger partial charge in [0.15, 0.2) is 5.54 Å². The number of hydrogen-bond acceptors (Lipinski definition) is 2. The van der Waals surface area contributed by atoms with E-state index >= 15 is 0 Å². The fourth-order valence-electron chi connectivity index (χ4n) is 2.47. The molecule has 1 atom stereocenters. The Morgan fingerprint density at radius 1 is 1.25 bits per heavy atom. The number of carbonyl (C=O) groups excluding carboxylic acids is 1. The quantitative estimate of drug-likeness (QED) is 0.922. The zero-order valence-electron chi connectivity index (χ0n) is 11.2. The van der Waals surface area contributed by atoms with Gasteiger partial charge in [-0.05, 0) is 37.5 Å². The first-order chi connectivity index (χ1) is 9.26. The number of benzene rings is 1. The molecule has 1 unspecified atom stereocenters. The van der Waals surface area contributed by atoms with Crippen LogP contribution in [0.3, 0.4) is 0 Å². The average Bonchev–Trinajstić information content (AvgIpc) is 3.11. The van der Waals surface area contributed by atoms with Gasteiger partial charge in [0.1, 0.15) is 11.6 Å². The summed E-state index contributed by atoms with van der Waals surface area (Å²) in [6.07, 6.45) is 1.39. The third-order valence-corrected chi connectivity index (χ3v) is 3.57. The first-order valence-electron chi connectivity index (χ1n) is 6.26. The van der Waals surface area contributed by atoms with Crippen LogP contribution in [-0.2, 0) is 15.1 Å².